The summed E-state index contributed by atoms with van der Waals surface area (Å²) in [6.45, 7) is 0.482. The number of hydrogen-bond acceptors (Lipinski definition) is 7. The Morgan fingerprint density at radius 3 is 2.58 bits per heavy atom. The molecule has 0 aliphatic carbocycles. The van der Waals surface area contributed by atoms with Gasteiger partial charge in [0.1, 0.15) is 0 Å². The lowest BCUT2D eigenvalue weighted by atomic mass is 10.0. The Balaban J connectivity index is 1.69. The van der Waals surface area contributed by atoms with Crippen LogP contribution >= 0.6 is 11.3 Å². The van der Waals surface area contributed by atoms with E-state index in [4.69, 9.17) is 19.0 Å². The van der Waals surface area contributed by atoms with Crippen LogP contribution in [0.2, 0.25) is 0 Å². The van der Waals surface area contributed by atoms with Gasteiger partial charge in [0.2, 0.25) is 11.9 Å². The molecule has 7 nitrogen and oxygen atoms in total. The van der Waals surface area contributed by atoms with Crippen molar-refractivity contribution in [2.75, 3.05) is 21.3 Å². The summed E-state index contributed by atoms with van der Waals surface area (Å²) in [5.41, 5.74) is 1.41. The summed E-state index contributed by atoms with van der Waals surface area (Å²) in [5.74, 6) is 1.36. The van der Waals surface area contributed by atoms with Crippen LogP contribution < -0.4 is 19.5 Å². The third-order valence-electron chi connectivity index (χ3n) is 3.98. The lowest BCUT2D eigenvalue weighted by Crippen LogP contribution is -2.34. The quantitative estimate of drug-likeness (QED) is 0.804. The number of hydrogen-bond donors (Lipinski definition) is 1. The van der Waals surface area contributed by atoms with E-state index in [1.54, 1.807) is 44.8 Å². The lowest BCUT2D eigenvalue weighted by Gasteiger charge is -2.13. The van der Waals surface area contributed by atoms with Crippen LogP contribution in [0, 0.1) is 0 Å². The van der Waals surface area contributed by atoms with E-state index < -0.39 is 6.10 Å². The summed E-state index contributed by atoms with van der Waals surface area (Å²) in [6.07, 6.45) is -0.279. The monoisotopic (exact) mass is 376 g/mol. The van der Waals surface area contributed by atoms with Gasteiger partial charge in [-0.05, 0) is 23.6 Å². The van der Waals surface area contributed by atoms with E-state index >= 15 is 0 Å². The van der Waals surface area contributed by atoms with Crippen LogP contribution in [-0.4, -0.2) is 39.1 Å². The second kappa shape index (κ2) is 8.09. The van der Waals surface area contributed by atoms with Crippen LogP contribution in [0.15, 0.2) is 34.8 Å². The van der Waals surface area contributed by atoms with E-state index in [1.807, 2.05) is 17.5 Å². The van der Waals surface area contributed by atoms with Crippen molar-refractivity contribution in [3.8, 4) is 17.2 Å². The Bertz CT molecular complexity index is 779. The first kappa shape index (κ1) is 18.1. The van der Waals surface area contributed by atoms with Crippen molar-refractivity contribution in [1.82, 2.24) is 5.32 Å². The Kier molecular flexibility index (Phi) is 5.62. The van der Waals surface area contributed by atoms with Gasteiger partial charge >= 0.3 is 0 Å². The van der Waals surface area contributed by atoms with Crippen LogP contribution in [0.25, 0.3) is 0 Å². The van der Waals surface area contributed by atoms with E-state index in [-0.39, 0.29) is 5.91 Å². The molecule has 8 heteroatoms. The molecular formula is C18H20N2O5S. The van der Waals surface area contributed by atoms with Gasteiger partial charge in [-0.15, -0.1) is 11.3 Å². The first-order valence-corrected chi connectivity index (χ1v) is 8.87. The highest BCUT2D eigenvalue weighted by Gasteiger charge is 2.30. The van der Waals surface area contributed by atoms with Crippen LogP contribution in [-0.2, 0) is 16.2 Å². The predicted molar refractivity (Wildman–Crippen MR) is 98.3 cm³/mol. The topological polar surface area (TPSA) is 78.4 Å². The van der Waals surface area contributed by atoms with Crippen LogP contribution in [0.4, 0.5) is 0 Å². The third-order valence-corrected chi connectivity index (χ3v) is 4.85. The van der Waals surface area contributed by atoms with E-state index in [0.717, 1.165) is 10.4 Å². The minimum absolute atomic E-state index is 0.190. The number of benzene rings is 1. The zero-order chi connectivity index (χ0) is 18.5. The molecule has 0 saturated heterocycles. The maximum atomic E-state index is 12.3. The molecule has 1 N–H and O–H groups in total. The molecule has 1 amide bonds. The molecule has 1 aliphatic rings. The van der Waals surface area contributed by atoms with Crippen molar-refractivity contribution in [2.45, 2.75) is 19.1 Å². The van der Waals surface area contributed by atoms with Gasteiger partial charge in [-0.1, -0.05) is 11.2 Å². The van der Waals surface area contributed by atoms with Crippen LogP contribution in [0.1, 0.15) is 16.9 Å². The second-order valence-electron chi connectivity index (χ2n) is 5.55. The molecule has 2 heterocycles. The second-order valence-corrected chi connectivity index (χ2v) is 6.58. The highest BCUT2D eigenvalue weighted by atomic mass is 32.1. The first-order valence-electron chi connectivity index (χ1n) is 7.99. The summed E-state index contributed by atoms with van der Waals surface area (Å²) in [4.78, 5) is 18.7. The number of rotatable bonds is 7. The minimum Gasteiger partial charge on any atom is -0.493 e. The van der Waals surface area contributed by atoms with Gasteiger partial charge in [-0.3, -0.25) is 4.79 Å². The first-order chi connectivity index (χ1) is 12.7. The number of oxime groups is 1. The number of nitrogens with zero attached hydrogens (tertiary/aromatic N) is 1. The summed E-state index contributed by atoms with van der Waals surface area (Å²) in [7, 11) is 4.65. The number of thiophene rings is 1. The van der Waals surface area contributed by atoms with E-state index in [9.17, 15) is 4.79 Å². The molecule has 2 aromatic rings. The van der Waals surface area contributed by atoms with Crippen molar-refractivity contribution in [3.05, 3.63) is 40.1 Å². The van der Waals surface area contributed by atoms with Gasteiger partial charge in [0.25, 0.3) is 5.91 Å². The average Bonchev–Trinajstić information content (AvgIpc) is 3.36. The molecule has 0 saturated carbocycles. The number of carbonyl (C=O) groups excluding carboxylic acids is 1. The molecular weight excluding hydrogens is 356 g/mol. The molecule has 0 unspecified atom stereocenters. The molecule has 1 aromatic heterocycles. The highest BCUT2D eigenvalue weighted by Crippen LogP contribution is 2.39. The van der Waals surface area contributed by atoms with Gasteiger partial charge in [-0.25, -0.2) is 0 Å². The molecule has 3 rings (SSSR count). The number of methoxy groups -OCH3 is 3. The fourth-order valence-electron chi connectivity index (χ4n) is 2.64. The third kappa shape index (κ3) is 3.75. The summed E-state index contributed by atoms with van der Waals surface area (Å²) in [6, 6.07) is 7.49. The molecule has 0 bridgehead atoms. The average molecular weight is 376 g/mol. The predicted octanol–water partition coefficient (Wildman–Crippen LogP) is 2.58. The number of nitrogens with one attached hydrogen (secondary N) is 1. The number of ether oxygens (including phenoxy) is 3. The fraction of sp³-hybridized carbons (Fsp3) is 0.333. The SMILES string of the molecule is COc1cc(C2=NO[C@H](C(=O)NCc3cccs3)C2)cc(OC)c1OC. The normalized spacial score (nSPS) is 15.8. The zero-order valence-corrected chi connectivity index (χ0v) is 15.6. The van der Waals surface area contributed by atoms with Crippen LogP contribution in [0.5, 0.6) is 17.2 Å². The van der Waals surface area contributed by atoms with Crippen LogP contribution in [0.3, 0.4) is 0 Å². The zero-order valence-electron chi connectivity index (χ0n) is 14.8. The van der Waals surface area contributed by atoms with Gasteiger partial charge in [0.05, 0.1) is 33.6 Å². The summed E-state index contributed by atoms with van der Waals surface area (Å²) in [5, 5.41) is 8.90. The number of amides is 1. The summed E-state index contributed by atoms with van der Waals surface area (Å²) >= 11 is 1.59. The van der Waals surface area contributed by atoms with Crippen molar-refractivity contribution < 1.29 is 23.8 Å². The molecule has 0 radical (unpaired) electrons. The standard InChI is InChI=1S/C18H20N2O5S/c1-22-14-7-11(8-15(23-2)17(14)24-3)13-9-16(25-20-13)18(21)19-10-12-5-4-6-26-12/h4-8,16H,9-10H2,1-3H3,(H,19,21)/t16-/m0/s1. The van der Waals surface area contributed by atoms with Gasteiger partial charge in [0.15, 0.2) is 11.5 Å². The maximum Gasteiger partial charge on any atom is 0.264 e. The van der Waals surface area contributed by atoms with Crippen molar-refractivity contribution >= 4 is 23.0 Å². The molecule has 138 valence electrons. The number of carbonyl (C=O) groups is 1. The van der Waals surface area contributed by atoms with E-state index in [2.05, 4.69) is 10.5 Å². The molecule has 0 fully saturated rings. The Labute approximate surface area is 155 Å². The van der Waals surface area contributed by atoms with Crippen molar-refractivity contribution in [2.24, 2.45) is 5.16 Å². The largest absolute Gasteiger partial charge is 0.493 e. The molecule has 0 spiro atoms. The highest BCUT2D eigenvalue weighted by molar-refractivity contribution is 7.09. The molecule has 1 aromatic carbocycles. The Morgan fingerprint density at radius 2 is 2.00 bits per heavy atom. The molecule has 26 heavy (non-hydrogen) atoms. The maximum absolute atomic E-state index is 12.3. The van der Waals surface area contributed by atoms with Crippen molar-refractivity contribution in [1.29, 1.82) is 0 Å². The molecule has 1 atom stereocenters. The summed E-state index contributed by atoms with van der Waals surface area (Å²) < 4.78 is 16.0. The van der Waals surface area contributed by atoms with Crippen molar-refractivity contribution in [3.63, 3.8) is 0 Å². The fourth-order valence-corrected chi connectivity index (χ4v) is 3.28. The van der Waals surface area contributed by atoms with E-state index in [1.165, 1.54) is 0 Å². The van der Waals surface area contributed by atoms with Gasteiger partial charge in [-0.2, -0.15) is 0 Å². The van der Waals surface area contributed by atoms with Gasteiger partial charge < -0.3 is 24.4 Å². The van der Waals surface area contributed by atoms with E-state index in [0.29, 0.717) is 35.9 Å². The lowest BCUT2D eigenvalue weighted by molar-refractivity contribution is -0.131. The molecule has 1 aliphatic heterocycles. The smallest absolute Gasteiger partial charge is 0.264 e. The minimum atomic E-state index is -0.649. The Morgan fingerprint density at radius 1 is 1.27 bits per heavy atom. The van der Waals surface area contributed by atoms with Gasteiger partial charge in [0, 0.05) is 16.9 Å². The Hall–Kier alpha value is -2.74.